The summed E-state index contributed by atoms with van der Waals surface area (Å²) in [6.07, 6.45) is 5.21. The number of aryl methyl sites for hydroxylation is 1. The van der Waals surface area contributed by atoms with Gasteiger partial charge in [0.15, 0.2) is 0 Å². The summed E-state index contributed by atoms with van der Waals surface area (Å²) in [5.74, 6) is -0.309. The van der Waals surface area contributed by atoms with Gasteiger partial charge in [0.1, 0.15) is 0 Å². The highest BCUT2D eigenvalue weighted by Gasteiger charge is 2.33. The summed E-state index contributed by atoms with van der Waals surface area (Å²) in [6, 6.07) is 0. The molecule has 0 saturated heterocycles. The molecule has 0 aliphatic heterocycles. The van der Waals surface area contributed by atoms with Crippen molar-refractivity contribution in [3.05, 3.63) is 15.6 Å². The molecule has 3 nitrogen and oxygen atoms in total. The van der Waals surface area contributed by atoms with Crippen LogP contribution in [0.15, 0.2) is 0 Å². The van der Waals surface area contributed by atoms with Crippen molar-refractivity contribution in [2.24, 2.45) is 0 Å². The number of carboxylic acids is 1. The van der Waals surface area contributed by atoms with Gasteiger partial charge < -0.3 is 5.11 Å². The fourth-order valence-electron chi connectivity index (χ4n) is 2.18. The van der Waals surface area contributed by atoms with E-state index in [4.69, 9.17) is 5.11 Å². The summed E-state index contributed by atoms with van der Waals surface area (Å²) >= 11 is 1.65. The highest BCUT2D eigenvalue weighted by Crippen LogP contribution is 2.45. The standard InChI is InChI=1S/C11H13NO2S/c13-11(14)7-2-1-3-8-9(7)15-10(12-8)6-4-5-6/h6-7H,1-5H2,(H,13,14). The third-order valence-electron chi connectivity index (χ3n) is 3.19. The molecule has 15 heavy (non-hydrogen) atoms. The molecule has 4 heteroatoms. The molecule has 1 saturated carbocycles. The molecule has 1 aromatic heterocycles. The fraction of sp³-hybridized carbons (Fsp3) is 0.636. The number of rotatable bonds is 2. The van der Waals surface area contributed by atoms with E-state index in [9.17, 15) is 4.79 Å². The van der Waals surface area contributed by atoms with Crippen LogP contribution in [-0.4, -0.2) is 16.1 Å². The van der Waals surface area contributed by atoms with Gasteiger partial charge in [-0.1, -0.05) is 0 Å². The molecule has 80 valence electrons. The van der Waals surface area contributed by atoms with E-state index < -0.39 is 5.97 Å². The maximum Gasteiger partial charge on any atom is 0.311 e. The predicted octanol–water partition coefficient (Wildman–Crippen LogP) is 2.53. The number of fused-ring (bicyclic) bond motifs is 1. The van der Waals surface area contributed by atoms with Gasteiger partial charge in [-0.05, 0) is 32.1 Å². The van der Waals surface area contributed by atoms with Crippen molar-refractivity contribution in [3.63, 3.8) is 0 Å². The molecule has 2 aliphatic rings. The van der Waals surface area contributed by atoms with Gasteiger partial charge in [0.25, 0.3) is 0 Å². The fourth-order valence-corrected chi connectivity index (χ4v) is 3.59. The van der Waals surface area contributed by atoms with E-state index in [0.717, 1.165) is 29.8 Å². The normalized spacial score (nSPS) is 24.9. The molecule has 0 amide bonds. The molecule has 1 N–H and O–H groups in total. The quantitative estimate of drug-likeness (QED) is 0.838. The molecule has 0 radical (unpaired) electrons. The number of carbonyl (C=O) groups is 1. The monoisotopic (exact) mass is 223 g/mol. The van der Waals surface area contributed by atoms with Gasteiger partial charge in [-0.2, -0.15) is 0 Å². The van der Waals surface area contributed by atoms with Gasteiger partial charge >= 0.3 is 5.97 Å². The van der Waals surface area contributed by atoms with Crippen molar-refractivity contribution < 1.29 is 9.90 Å². The topological polar surface area (TPSA) is 50.2 Å². The minimum Gasteiger partial charge on any atom is -0.481 e. The molecule has 1 unspecified atom stereocenters. The number of carboxylic acid groups (broad SMARTS) is 1. The Hall–Kier alpha value is -0.900. The Kier molecular flexibility index (Phi) is 2.06. The summed E-state index contributed by atoms with van der Waals surface area (Å²) in [4.78, 5) is 16.7. The Morgan fingerprint density at radius 1 is 1.40 bits per heavy atom. The molecule has 1 fully saturated rings. The molecule has 1 aromatic rings. The Morgan fingerprint density at radius 2 is 2.20 bits per heavy atom. The number of nitrogens with zero attached hydrogens (tertiary/aromatic N) is 1. The Labute approximate surface area is 92.2 Å². The zero-order valence-corrected chi connectivity index (χ0v) is 9.22. The van der Waals surface area contributed by atoms with Crippen molar-refractivity contribution in [2.45, 2.75) is 43.9 Å². The minimum atomic E-state index is -0.679. The zero-order chi connectivity index (χ0) is 10.4. The second-order valence-corrected chi connectivity index (χ2v) is 5.48. The molecule has 3 rings (SSSR count). The summed E-state index contributed by atoms with van der Waals surface area (Å²) in [6.45, 7) is 0. The molecule has 0 bridgehead atoms. The van der Waals surface area contributed by atoms with Gasteiger partial charge in [0.2, 0.25) is 0 Å². The van der Waals surface area contributed by atoms with Crippen LogP contribution in [0.1, 0.15) is 53.1 Å². The lowest BCUT2D eigenvalue weighted by atomic mass is 9.92. The van der Waals surface area contributed by atoms with E-state index >= 15 is 0 Å². The number of aromatic nitrogens is 1. The Balaban J connectivity index is 1.98. The highest BCUT2D eigenvalue weighted by molar-refractivity contribution is 7.12. The molecular weight excluding hydrogens is 210 g/mol. The second-order valence-electron chi connectivity index (χ2n) is 4.42. The number of hydrogen-bond donors (Lipinski definition) is 1. The van der Waals surface area contributed by atoms with Crippen molar-refractivity contribution in [2.75, 3.05) is 0 Å². The van der Waals surface area contributed by atoms with Gasteiger partial charge in [-0.15, -0.1) is 11.3 Å². The number of aliphatic carboxylic acids is 1. The van der Waals surface area contributed by atoms with Crippen molar-refractivity contribution in [3.8, 4) is 0 Å². The van der Waals surface area contributed by atoms with E-state index in [-0.39, 0.29) is 5.92 Å². The van der Waals surface area contributed by atoms with Crippen molar-refractivity contribution >= 4 is 17.3 Å². The average molecular weight is 223 g/mol. The van der Waals surface area contributed by atoms with Gasteiger partial charge in [-0.25, -0.2) is 4.98 Å². The van der Waals surface area contributed by atoms with Crippen molar-refractivity contribution in [1.82, 2.24) is 4.98 Å². The van der Waals surface area contributed by atoms with Crippen LogP contribution in [0.3, 0.4) is 0 Å². The van der Waals surface area contributed by atoms with Crippen LogP contribution in [0.5, 0.6) is 0 Å². The lowest BCUT2D eigenvalue weighted by Crippen LogP contribution is -2.16. The lowest BCUT2D eigenvalue weighted by molar-refractivity contribution is -0.139. The highest BCUT2D eigenvalue weighted by atomic mass is 32.1. The third-order valence-corrected chi connectivity index (χ3v) is 4.57. The smallest absolute Gasteiger partial charge is 0.311 e. The first-order chi connectivity index (χ1) is 7.25. The summed E-state index contributed by atoms with van der Waals surface area (Å²) in [5, 5.41) is 10.3. The lowest BCUT2D eigenvalue weighted by Gasteiger charge is -2.16. The molecule has 0 spiro atoms. The van der Waals surface area contributed by atoms with E-state index in [1.807, 2.05) is 0 Å². The molecular formula is C11H13NO2S. The predicted molar refractivity (Wildman–Crippen MR) is 57.4 cm³/mol. The summed E-state index contributed by atoms with van der Waals surface area (Å²) in [5.41, 5.74) is 1.07. The second kappa shape index (κ2) is 3.30. The van der Waals surface area contributed by atoms with E-state index in [1.165, 1.54) is 17.8 Å². The van der Waals surface area contributed by atoms with Gasteiger partial charge in [0.05, 0.1) is 16.6 Å². The van der Waals surface area contributed by atoms with Gasteiger partial charge in [0, 0.05) is 10.8 Å². The minimum absolute atomic E-state index is 0.279. The molecule has 1 heterocycles. The van der Waals surface area contributed by atoms with Crippen LogP contribution in [0.25, 0.3) is 0 Å². The summed E-state index contributed by atoms with van der Waals surface area (Å²) in [7, 11) is 0. The van der Waals surface area contributed by atoms with E-state index in [1.54, 1.807) is 11.3 Å². The molecule has 2 aliphatic carbocycles. The van der Waals surface area contributed by atoms with Crippen molar-refractivity contribution in [1.29, 1.82) is 0 Å². The first-order valence-corrected chi connectivity index (χ1v) is 6.29. The van der Waals surface area contributed by atoms with Gasteiger partial charge in [-0.3, -0.25) is 4.79 Å². The maximum atomic E-state index is 11.1. The SMILES string of the molecule is O=C(O)C1CCCc2nc(C3CC3)sc21. The summed E-state index contributed by atoms with van der Waals surface area (Å²) < 4.78 is 0. The van der Waals surface area contributed by atoms with Crippen LogP contribution in [-0.2, 0) is 11.2 Å². The number of thiazole rings is 1. The van der Waals surface area contributed by atoms with Crippen LogP contribution in [0, 0.1) is 0 Å². The van der Waals surface area contributed by atoms with E-state index in [2.05, 4.69) is 4.98 Å². The van der Waals surface area contributed by atoms with Crippen LogP contribution in [0.4, 0.5) is 0 Å². The van der Waals surface area contributed by atoms with Crippen LogP contribution < -0.4 is 0 Å². The first kappa shape index (κ1) is 9.33. The third kappa shape index (κ3) is 1.57. The maximum absolute atomic E-state index is 11.1. The molecule has 1 atom stereocenters. The van der Waals surface area contributed by atoms with E-state index in [0.29, 0.717) is 5.92 Å². The zero-order valence-electron chi connectivity index (χ0n) is 8.40. The first-order valence-electron chi connectivity index (χ1n) is 5.48. The average Bonchev–Trinajstić information content (AvgIpc) is 2.96. The Morgan fingerprint density at radius 3 is 2.87 bits per heavy atom. The van der Waals surface area contributed by atoms with Crippen LogP contribution in [0.2, 0.25) is 0 Å². The molecule has 0 aromatic carbocycles. The number of hydrogen-bond acceptors (Lipinski definition) is 3. The van der Waals surface area contributed by atoms with Crippen LogP contribution >= 0.6 is 11.3 Å². The Bertz CT molecular complexity index is 409. The largest absolute Gasteiger partial charge is 0.481 e.